The van der Waals surface area contributed by atoms with Gasteiger partial charge in [0.25, 0.3) is 0 Å². The number of aromatic nitrogens is 1. The summed E-state index contributed by atoms with van der Waals surface area (Å²) in [6.45, 7) is 1.97. The van der Waals surface area contributed by atoms with E-state index < -0.39 is 0 Å². The molecule has 3 nitrogen and oxygen atoms in total. The molecule has 4 aliphatic rings. The first-order valence-electron chi connectivity index (χ1n) is 8.62. The van der Waals surface area contributed by atoms with Gasteiger partial charge in [-0.15, -0.1) is 0 Å². The van der Waals surface area contributed by atoms with Crippen LogP contribution in [0.3, 0.4) is 0 Å². The molecule has 1 amide bonds. The van der Waals surface area contributed by atoms with Crippen LogP contribution in [0.5, 0.6) is 0 Å². The predicted molar refractivity (Wildman–Crippen MR) is 93.6 cm³/mol. The molecule has 0 saturated heterocycles. The van der Waals surface area contributed by atoms with E-state index in [1.165, 1.54) is 50.3 Å². The summed E-state index contributed by atoms with van der Waals surface area (Å²) in [5.41, 5.74) is 0.0913. The Hall–Kier alpha value is -0.740. The van der Waals surface area contributed by atoms with Crippen molar-refractivity contribution < 1.29 is 4.79 Å². The highest BCUT2D eigenvalue weighted by molar-refractivity contribution is 8.00. The average Bonchev–Trinajstić information content (AvgIpc) is 2.47. The molecule has 1 aromatic heterocycles. The molecular formula is C18H23ClN2OS. The lowest BCUT2D eigenvalue weighted by Gasteiger charge is -2.57. The number of nitrogens with zero attached hydrogens (tertiary/aromatic N) is 1. The van der Waals surface area contributed by atoms with Crippen LogP contribution in [0.4, 0.5) is 0 Å². The quantitative estimate of drug-likeness (QED) is 0.823. The predicted octanol–water partition coefficient (Wildman–Crippen LogP) is 4.30. The Bertz CT molecular complexity index is 568. The zero-order valence-electron chi connectivity index (χ0n) is 13.4. The number of hydrogen-bond donors (Lipinski definition) is 1. The maximum Gasteiger partial charge on any atom is 0.233 e. The Balaban J connectivity index is 1.40. The fraction of sp³-hybridized carbons (Fsp3) is 0.667. The molecule has 1 unspecified atom stereocenters. The Morgan fingerprint density at radius 2 is 1.87 bits per heavy atom. The highest BCUT2D eigenvalue weighted by atomic mass is 35.5. The minimum absolute atomic E-state index is 0.0913. The van der Waals surface area contributed by atoms with Crippen LogP contribution < -0.4 is 5.32 Å². The van der Waals surface area contributed by atoms with Gasteiger partial charge in [-0.25, -0.2) is 4.98 Å². The molecule has 0 radical (unpaired) electrons. The van der Waals surface area contributed by atoms with E-state index in [0.29, 0.717) is 5.02 Å². The molecule has 0 aromatic carbocycles. The Labute approximate surface area is 147 Å². The summed E-state index contributed by atoms with van der Waals surface area (Å²) in [5.74, 6) is 2.71. The largest absolute Gasteiger partial charge is 0.350 e. The van der Waals surface area contributed by atoms with E-state index in [2.05, 4.69) is 10.3 Å². The first-order valence-corrected chi connectivity index (χ1v) is 9.87. The van der Waals surface area contributed by atoms with Crippen LogP contribution in [0.2, 0.25) is 5.02 Å². The fourth-order valence-corrected chi connectivity index (χ4v) is 6.19. The second kappa shape index (κ2) is 5.96. The Morgan fingerprint density at radius 1 is 1.26 bits per heavy atom. The van der Waals surface area contributed by atoms with Gasteiger partial charge in [-0.2, -0.15) is 0 Å². The van der Waals surface area contributed by atoms with Crippen molar-refractivity contribution in [3.8, 4) is 0 Å². The third-order valence-corrected chi connectivity index (χ3v) is 7.07. The second-order valence-corrected chi connectivity index (χ2v) is 9.56. The smallest absolute Gasteiger partial charge is 0.233 e. The summed E-state index contributed by atoms with van der Waals surface area (Å²) in [5, 5.41) is 4.79. The van der Waals surface area contributed by atoms with Gasteiger partial charge in [-0.1, -0.05) is 23.4 Å². The number of hydrogen-bond acceptors (Lipinski definition) is 3. The third kappa shape index (κ3) is 3.25. The highest BCUT2D eigenvalue weighted by Crippen LogP contribution is 2.55. The summed E-state index contributed by atoms with van der Waals surface area (Å²) >= 11 is 7.37. The molecule has 5 heteroatoms. The molecule has 5 rings (SSSR count). The van der Waals surface area contributed by atoms with Gasteiger partial charge in [0.1, 0.15) is 0 Å². The van der Waals surface area contributed by atoms with Gasteiger partial charge in [0.15, 0.2) is 0 Å². The molecule has 4 fully saturated rings. The van der Waals surface area contributed by atoms with Crippen molar-refractivity contribution in [2.24, 2.45) is 17.8 Å². The molecule has 1 heterocycles. The zero-order valence-corrected chi connectivity index (χ0v) is 15.0. The van der Waals surface area contributed by atoms with E-state index in [4.69, 9.17) is 11.6 Å². The number of carbonyl (C=O) groups excluding carboxylic acids is 1. The molecule has 4 aliphatic carbocycles. The number of rotatable bonds is 4. The van der Waals surface area contributed by atoms with Crippen molar-refractivity contribution in [3.63, 3.8) is 0 Å². The lowest BCUT2D eigenvalue weighted by Crippen LogP contribution is -2.60. The van der Waals surface area contributed by atoms with E-state index >= 15 is 0 Å². The first-order chi connectivity index (χ1) is 11.0. The highest BCUT2D eigenvalue weighted by Gasteiger charge is 2.51. The van der Waals surface area contributed by atoms with E-state index in [0.717, 1.165) is 22.8 Å². The lowest BCUT2D eigenvalue weighted by molar-refractivity contribution is -0.126. The topological polar surface area (TPSA) is 42.0 Å². The normalized spacial score (nSPS) is 36.0. The summed E-state index contributed by atoms with van der Waals surface area (Å²) in [6, 6.07) is 3.70. The third-order valence-electron chi connectivity index (χ3n) is 5.79. The second-order valence-electron chi connectivity index (χ2n) is 7.76. The number of amides is 1. The molecule has 23 heavy (non-hydrogen) atoms. The van der Waals surface area contributed by atoms with Crippen molar-refractivity contribution >= 4 is 29.3 Å². The Morgan fingerprint density at radius 3 is 2.39 bits per heavy atom. The standard InChI is InChI=1S/C18H23ClN2OS/c1-11(23-16-3-2-15(19)10-20-16)17(22)21-18-7-12-4-13(8-18)6-14(5-12)9-18/h2-3,10-14H,4-9H2,1H3,(H,21,22). The van der Waals surface area contributed by atoms with Gasteiger partial charge in [-0.05, 0) is 75.3 Å². The number of halogens is 1. The minimum atomic E-state index is -0.128. The van der Waals surface area contributed by atoms with E-state index in [9.17, 15) is 4.79 Å². The van der Waals surface area contributed by atoms with Crippen LogP contribution in [0.15, 0.2) is 23.4 Å². The number of pyridine rings is 1. The molecule has 0 aliphatic heterocycles. The molecule has 124 valence electrons. The summed E-state index contributed by atoms with van der Waals surface area (Å²) in [4.78, 5) is 17.0. The summed E-state index contributed by atoms with van der Waals surface area (Å²) in [7, 11) is 0. The molecule has 0 spiro atoms. The van der Waals surface area contributed by atoms with Crippen LogP contribution in [0, 0.1) is 17.8 Å². The maximum atomic E-state index is 12.7. The van der Waals surface area contributed by atoms with Crippen molar-refractivity contribution in [1.82, 2.24) is 10.3 Å². The summed E-state index contributed by atoms with van der Waals surface area (Å²) in [6.07, 6.45) is 9.41. The van der Waals surface area contributed by atoms with Gasteiger partial charge < -0.3 is 5.32 Å². The van der Waals surface area contributed by atoms with Crippen LogP contribution in [-0.4, -0.2) is 21.7 Å². The van der Waals surface area contributed by atoms with Gasteiger partial charge in [0.05, 0.1) is 15.3 Å². The first kappa shape index (κ1) is 15.8. The molecule has 1 atom stereocenters. The van der Waals surface area contributed by atoms with Gasteiger partial charge in [-0.3, -0.25) is 4.79 Å². The SMILES string of the molecule is CC(Sc1ccc(Cl)cn1)C(=O)NC12CC3CC(CC(C3)C1)C2. The van der Waals surface area contributed by atoms with Crippen LogP contribution in [-0.2, 0) is 4.79 Å². The van der Waals surface area contributed by atoms with Crippen LogP contribution in [0.1, 0.15) is 45.4 Å². The van der Waals surface area contributed by atoms with E-state index in [1.807, 2.05) is 19.1 Å². The molecule has 1 N–H and O–H groups in total. The zero-order chi connectivity index (χ0) is 16.0. The molecular weight excluding hydrogens is 328 g/mol. The van der Waals surface area contributed by atoms with Crippen molar-refractivity contribution in [1.29, 1.82) is 0 Å². The number of thioether (sulfide) groups is 1. The van der Waals surface area contributed by atoms with Crippen LogP contribution in [0.25, 0.3) is 0 Å². The molecule has 4 bridgehead atoms. The minimum Gasteiger partial charge on any atom is -0.350 e. The van der Waals surface area contributed by atoms with Gasteiger partial charge in [0, 0.05) is 11.7 Å². The number of nitrogens with one attached hydrogen (secondary N) is 1. The average molecular weight is 351 g/mol. The van der Waals surface area contributed by atoms with Crippen LogP contribution >= 0.6 is 23.4 Å². The molecule has 1 aromatic rings. The Kier molecular flexibility index (Phi) is 4.09. The number of carbonyl (C=O) groups is 1. The van der Waals surface area contributed by atoms with Gasteiger partial charge >= 0.3 is 0 Å². The fourth-order valence-electron chi connectivity index (χ4n) is 5.29. The van der Waals surface area contributed by atoms with E-state index in [-0.39, 0.29) is 16.7 Å². The van der Waals surface area contributed by atoms with Crippen molar-refractivity contribution in [3.05, 3.63) is 23.4 Å². The van der Waals surface area contributed by atoms with Crippen molar-refractivity contribution in [2.75, 3.05) is 0 Å². The maximum absolute atomic E-state index is 12.7. The monoisotopic (exact) mass is 350 g/mol. The molecule has 4 saturated carbocycles. The van der Waals surface area contributed by atoms with E-state index in [1.54, 1.807) is 6.20 Å². The lowest BCUT2D eigenvalue weighted by atomic mass is 9.53. The van der Waals surface area contributed by atoms with Gasteiger partial charge in [0.2, 0.25) is 5.91 Å². The van der Waals surface area contributed by atoms with Crippen molar-refractivity contribution in [2.45, 2.75) is 61.3 Å². The summed E-state index contributed by atoms with van der Waals surface area (Å²) < 4.78 is 0.